The second-order valence-corrected chi connectivity index (χ2v) is 8.96. The maximum atomic E-state index is 13.3. The van der Waals surface area contributed by atoms with Crippen LogP contribution >= 0.6 is 0 Å². The summed E-state index contributed by atoms with van der Waals surface area (Å²) in [6.07, 6.45) is 5.17. The monoisotopic (exact) mass is 464 g/mol. The largest absolute Gasteiger partial charge is 0.491 e. The lowest BCUT2D eigenvalue weighted by Gasteiger charge is -2.40. The van der Waals surface area contributed by atoms with Crippen LogP contribution in [0.1, 0.15) is 53.0 Å². The van der Waals surface area contributed by atoms with Gasteiger partial charge in [-0.15, -0.1) is 0 Å². The number of pyridine rings is 1. The predicted molar refractivity (Wildman–Crippen MR) is 128 cm³/mol. The second-order valence-electron chi connectivity index (χ2n) is 8.96. The standard InChI is InChI=1S/C26H32N4O4/c1-27-25(33)26-11-5-7-15-29(24(32)21-9-4-6-14-28-21)18-19-34-22-10-3-2-8-20(22)23(31)30(16-12-26)17-13-26/h2-4,6,8-10,14H,5,7,11-13,15-19H2,1H3,(H,27,33). The average molecular weight is 465 g/mol. The van der Waals surface area contributed by atoms with Crippen molar-refractivity contribution in [2.45, 2.75) is 32.1 Å². The van der Waals surface area contributed by atoms with E-state index in [2.05, 4.69) is 10.3 Å². The van der Waals surface area contributed by atoms with E-state index in [9.17, 15) is 14.4 Å². The SMILES string of the molecule is CNC(=O)C12CCCCN(C(=O)c3ccccn3)CCOc3ccccc3C(=O)N(CC1)CC2. The molecule has 8 nitrogen and oxygen atoms in total. The number of fused-ring (bicyclic) bond motifs is 9. The van der Waals surface area contributed by atoms with E-state index in [4.69, 9.17) is 4.74 Å². The van der Waals surface area contributed by atoms with Crippen molar-refractivity contribution in [3.05, 3.63) is 59.9 Å². The van der Waals surface area contributed by atoms with Gasteiger partial charge in [0, 0.05) is 32.9 Å². The molecule has 2 aromatic rings. The fourth-order valence-corrected chi connectivity index (χ4v) is 4.93. The summed E-state index contributed by atoms with van der Waals surface area (Å²) in [6, 6.07) is 12.5. The molecule has 1 aromatic carbocycles. The van der Waals surface area contributed by atoms with Gasteiger partial charge in [0.1, 0.15) is 18.1 Å². The Kier molecular flexibility index (Phi) is 7.45. The highest BCUT2D eigenvalue weighted by Gasteiger charge is 2.41. The minimum Gasteiger partial charge on any atom is -0.491 e. The highest BCUT2D eigenvalue weighted by molar-refractivity contribution is 5.97. The first-order chi connectivity index (χ1) is 16.5. The van der Waals surface area contributed by atoms with Gasteiger partial charge in [0.15, 0.2) is 0 Å². The number of carbonyl (C=O) groups excluding carboxylic acids is 3. The van der Waals surface area contributed by atoms with Crippen molar-refractivity contribution in [3.8, 4) is 5.75 Å². The van der Waals surface area contributed by atoms with Gasteiger partial charge in [-0.2, -0.15) is 0 Å². The summed E-state index contributed by atoms with van der Waals surface area (Å²) in [4.78, 5) is 47.1. The van der Waals surface area contributed by atoms with Crippen LogP contribution in [0.5, 0.6) is 5.75 Å². The fourth-order valence-electron chi connectivity index (χ4n) is 4.93. The number of amides is 3. The van der Waals surface area contributed by atoms with Gasteiger partial charge in [0.25, 0.3) is 11.8 Å². The van der Waals surface area contributed by atoms with Gasteiger partial charge in [0.05, 0.1) is 17.5 Å². The third-order valence-corrected chi connectivity index (χ3v) is 6.96. The Balaban J connectivity index is 1.60. The predicted octanol–water partition coefficient (Wildman–Crippen LogP) is 2.76. The molecule has 3 aliphatic heterocycles. The molecule has 0 aliphatic carbocycles. The van der Waals surface area contributed by atoms with Gasteiger partial charge < -0.3 is 19.9 Å². The molecule has 180 valence electrons. The van der Waals surface area contributed by atoms with E-state index in [1.807, 2.05) is 17.0 Å². The molecule has 8 heteroatoms. The Morgan fingerprint density at radius 1 is 0.971 bits per heavy atom. The van der Waals surface area contributed by atoms with Crippen LogP contribution in [0.2, 0.25) is 0 Å². The molecule has 2 bridgehead atoms. The number of hydrogen-bond acceptors (Lipinski definition) is 5. The maximum absolute atomic E-state index is 13.3. The molecule has 4 heterocycles. The van der Waals surface area contributed by atoms with Gasteiger partial charge >= 0.3 is 0 Å². The molecule has 1 saturated heterocycles. The number of nitrogens with one attached hydrogen (secondary N) is 1. The zero-order valence-electron chi connectivity index (χ0n) is 19.7. The Morgan fingerprint density at radius 3 is 2.47 bits per heavy atom. The molecule has 0 atom stereocenters. The molecular formula is C26H32N4O4. The Labute approximate surface area is 200 Å². The maximum Gasteiger partial charge on any atom is 0.272 e. The number of ether oxygens (including phenoxy) is 1. The Morgan fingerprint density at radius 2 is 1.74 bits per heavy atom. The highest BCUT2D eigenvalue weighted by atomic mass is 16.5. The van der Waals surface area contributed by atoms with Crippen LogP contribution in [0.3, 0.4) is 0 Å². The molecule has 3 aliphatic rings. The molecule has 0 spiro atoms. The van der Waals surface area contributed by atoms with E-state index in [1.54, 1.807) is 48.5 Å². The van der Waals surface area contributed by atoms with Crippen LogP contribution in [0.25, 0.3) is 0 Å². The number of benzene rings is 1. The number of hydrogen-bond donors (Lipinski definition) is 1. The smallest absolute Gasteiger partial charge is 0.272 e. The summed E-state index contributed by atoms with van der Waals surface area (Å²) in [5.74, 6) is 0.313. The molecule has 0 radical (unpaired) electrons. The van der Waals surface area contributed by atoms with Crippen molar-refractivity contribution < 1.29 is 19.1 Å². The number of aromatic nitrogens is 1. The quantitative estimate of drug-likeness (QED) is 0.738. The first-order valence-electron chi connectivity index (χ1n) is 12.0. The van der Waals surface area contributed by atoms with E-state index in [1.165, 1.54) is 0 Å². The van der Waals surface area contributed by atoms with Crippen molar-refractivity contribution in [1.29, 1.82) is 0 Å². The Hall–Kier alpha value is -3.42. The van der Waals surface area contributed by atoms with Gasteiger partial charge in [0.2, 0.25) is 5.91 Å². The summed E-state index contributed by atoms with van der Waals surface area (Å²) in [5, 5.41) is 2.84. The molecule has 3 amide bonds. The van der Waals surface area contributed by atoms with Crippen LogP contribution in [0, 0.1) is 5.41 Å². The lowest BCUT2D eigenvalue weighted by atomic mass is 9.73. The Bertz CT molecular complexity index is 1020. The fraction of sp³-hybridized carbons (Fsp3) is 0.462. The first kappa shape index (κ1) is 23.7. The molecule has 1 fully saturated rings. The minimum atomic E-state index is -0.489. The van der Waals surface area contributed by atoms with Gasteiger partial charge in [-0.1, -0.05) is 24.6 Å². The zero-order valence-corrected chi connectivity index (χ0v) is 19.7. The van der Waals surface area contributed by atoms with E-state index in [0.717, 1.165) is 19.3 Å². The summed E-state index contributed by atoms with van der Waals surface area (Å²) in [7, 11) is 1.67. The molecule has 1 N–H and O–H groups in total. The van der Waals surface area contributed by atoms with Gasteiger partial charge in [-0.3, -0.25) is 19.4 Å². The van der Waals surface area contributed by atoms with Crippen LogP contribution in [0.4, 0.5) is 0 Å². The lowest BCUT2D eigenvalue weighted by molar-refractivity contribution is -0.133. The summed E-state index contributed by atoms with van der Waals surface area (Å²) in [6.45, 7) is 2.26. The van der Waals surface area contributed by atoms with Crippen molar-refractivity contribution >= 4 is 17.7 Å². The van der Waals surface area contributed by atoms with E-state index in [0.29, 0.717) is 56.0 Å². The second kappa shape index (κ2) is 10.7. The van der Waals surface area contributed by atoms with E-state index >= 15 is 0 Å². The number of para-hydroxylation sites is 1. The van der Waals surface area contributed by atoms with Crippen LogP contribution < -0.4 is 10.1 Å². The first-order valence-corrected chi connectivity index (χ1v) is 12.0. The number of rotatable bonds is 2. The summed E-state index contributed by atoms with van der Waals surface area (Å²) >= 11 is 0. The molecule has 0 saturated carbocycles. The van der Waals surface area contributed by atoms with Crippen LogP contribution in [-0.2, 0) is 4.79 Å². The summed E-state index contributed by atoms with van der Waals surface area (Å²) < 4.78 is 6.01. The van der Waals surface area contributed by atoms with Gasteiger partial charge in [-0.25, -0.2) is 0 Å². The summed E-state index contributed by atoms with van der Waals surface area (Å²) in [5.41, 5.74) is 0.411. The van der Waals surface area contributed by atoms with Crippen molar-refractivity contribution in [3.63, 3.8) is 0 Å². The molecule has 0 unspecified atom stereocenters. The lowest BCUT2D eigenvalue weighted by Crippen LogP contribution is -2.49. The van der Waals surface area contributed by atoms with Crippen LogP contribution in [0.15, 0.2) is 48.7 Å². The minimum absolute atomic E-state index is 0.0362. The molecule has 34 heavy (non-hydrogen) atoms. The third kappa shape index (κ3) is 5.05. The molecular weight excluding hydrogens is 432 g/mol. The van der Waals surface area contributed by atoms with Gasteiger partial charge in [-0.05, 0) is 49.9 Å². The zero-order chi connectivity index (χ0) is 24.0. The van der Waals surface area contributed by atoms with Crippen LogP contribution in [-0.4, -0.2) is 72.3 Å². The van der Waals surface area contributed by atoms with Crippen molar-refractivity contribution in [2.24, 2.45) is 5.41 Å². The number of carbonyl (C=O) groups is 3. The number of piperidine rings is 1. The topological polar surface area (TPSA) is 91.8 Å². The molecule has 5 rings (SSSR count). The van der Waals surface area contributed by atoms with E-state index < -0.39 is 5.41 Å². The number of nitrogens with zero attached hydrogens (tertiary/aromatic N) is 3. The molecule has 1 aromatic heterocycles. The normalized spacial score (nSPS) is 18.8. The average Bonchev–Trinajstić information content (AvgIpc) is 2.90. The van der Waals surface area contributed by atoms with Crippen molar-refractivity contribution in [2.75, 3.05) is 39.8 Å². The third-order valence-electron chi connectivity index (χ3n) is 6.96. The highest BCUT2D eigenvalue weighted by Crippen LogP contribution is 2.38. The van der Waals surface area contributed by atoms with E-state index in [-0.39, 0.29) is 24.3 Å². The van der Waals surface area contributed by atoms with Crippen molar-refractivity contribution in [1.82, 2.24) is 20.1 Å².